The van der Waals surface area contributed by atoms with Crippen LogP contribution in [0.5, 0.6) is 0 Å². The van der Waals surface area contributed by atoms with Gasteiger partial charge in [-0.15, -0.1) is 5.10 Å². The highest BCUT2D eigenvalue weighted by Gasteiger charge is 2.14. The number of hydrogen-bond donors (Lipinski definition) is 2. The molecular weight excluding hydrogens is 342 g/mol. The number of aromatic nitrogens is 3. The van der Waals surface area contributed by atoms with Gasteiger partial charge in [-0.2, -0.15) is 0 Å². The first kappa shape index (κ1) is 15.3. The Hall–Kier alpha value is -1.05. The standard InChI is InChI=1S/C13H16BrN3O2S/c1-7(2)17-12(19)15-16-13(17)20-9-4-5-10(8(3)18)11(14)6-9/h4-8,18H,1-3H3,(H,15,19)/t8-/m1/s1. The fourth-order valence-electron chi connectivity index (χ4n) is 1.83. The minimum absolute atomic E-state index is 0.0453. The normalized spacial score (nSPS) is 12.9. The molecule has 0 radical (unpaired) electrons. The number of aromatic amines is 1. The molecule has 0 unspecified atom stereocenters. The highest BCUT2D eigenvalue weighted by molar-refractivity contribution is 9.10. The lowest BCUT2D eigenvalue weighted by atomic mass is 10.1. The van der Waals surface area contributed by atoms with Crippen LogP contribution < -0.4 is 5.69 Å². The average Bonchev–Trinajstić information content (AvgIpc) is 2.70. The van der Waals surface area contributed by atoms with E-state index in [4.69, 9.17) is 0 Å². The van der Waals surface area contributed by atoms with Gasteiger partial charge in [-0.3, -0.25) is 4.57 Å². The van der Waals surface area contributed by atoms with Crippen LogP contribution in [0.15, 0.2) is 37.5 Å². The Labute approximate surface area is 129 Å². The zero-order valence-corrected chi connectivity index (χ0v) is 13.8. The van der Waals surface area contributed by atoms with Crippen molar-refractivity contribution in [3.05, 3.63) is 38.7 Å². The van der Waals surface area contributed by atoms with Crippen molar-refractivity contribution < 1.29 is 5.11 Å². The van der Waals surface area contributed by atoms with Crippen molar-refractivity contribution in [1.29, 1.82) is 0 Å². The molecule has 0 spiro atoms. The van der Waals surface area contributed by atoms with E-state index in [1.807, 2.05) is 32.0 Å². The molecule has 0 bridgehead atoms. The van der Waals surface area contributed by atoms with Gasteiger partial charge in [0.1, 0.15) is 0 Å². The van der Waals surface area contributed by atoms with Crippen LogP contribution in [-0.2, 0) is 0 Å². The number of halogens is 1. The largest absolute Gasteiger partial charge is 0.389 e. The highest BCUT2D eigenvalue weighted by Crippen LogP contribution is 2.32. The zero-order valence-electron chi connectivity index (χ0n) is 11.4. The minimum Gasteiger partial charge on any atom is -0.389 e. The number of rotatable bonds is 4. The summed E-state index contributed by atoms with van der Waals surface area (Å²) in [4.78, 5) is 12.6. The smallest absolute Gasteiger partial charge is 0.344 e. The van der Waals surface area contributed by atoms with E-state index < -0.39 is 6.10 Å². The van der Waals surface area contributed by atoms with Crippen molar-refractivity contribution >= 4 is 27.7 Å². The van der Waals surface area contributed by atoms with E-state index in [9.17, 15) is 9.90 Å². The van der Waals surface area contributed by atoms with Crippen LogP contribution in [0.3, 0.4) is 0 Å². The van der Waals surface area contributed by atoms with Gasteiger partial charge >= 0.3 is 5.69 Å². The van der Waals surface area contributed by atoms with Gasteiger partial charge in [0.2, 0.25) is 0 Å². The molecule has 7 heteroatoms. The summed E-state index contributed by atoms with van der Waals surface area (Å²) in [7, 11) is 0. The molecule has 0 aliphatic rings. The summed E-state index contributed by atoms with van der Waals surface area (Å²) >= 11 is 4.85. The summed E-state index contributed by atoms with van der Waals surface area (Å²) in [6.45, 7) is 5.60. The molecule has 2 rings (SSSR count). The molecule has 1 aromatic heterocycles. The Morgan fingerprint density at radius 2 is 2.10 bits per heavy atom. The molecule has 5 nitrogen and oxygen atoms in total. The van der Waals surface area contributed by atoms with Crippen LogP contribution in [0.2, 0.25) is 0 Å². The van der Waals surface area contributed by atoms with Gasteiger partial charge in [0.25, 0.3) is 0 Å². The molecule has 0 saturated heterocycles. The van der Waals surface area contributed by atoms with Crippen LogP contribution in [0.1, 0.15) is 38.5 Å². The predicted molar refractivity (Wildman–Crippen MR) is 82.1 cm³/mol. The second-order valence-electron chi connectivity index (χ2n) is 4.74. The Bertz CT molecular complexity index is 664. The number of nitrogens with one attached hydrogen (secondary N) is 1. The van der Waals surface area contributed by atoms with Crippen LogP contribution in [0.4, 0.5) is 0 Å². The van der Waals surface area contributed by atoms with Gasteiger partial charge in [-0.25, -0.2) is 9.89 Å². The Morgan fingerprint density at radius 3 is 2.65 bits per heavy atom. The number of aliphatic hydroxyl groups excluding tert-OH is 1. The Kier molecular flexibility index (Phi) is 4.72. The first-order chi connectivity index (χ1) is 9.40. The summed E-state index contributed by atoms with van der Waals surface area (Å²) in [6, 6.07) is 5.73. The lowest BCUT2D eigenvalue weighted by Gasteiger charge is -2.11. The fraction of sp³-hybridized carbons (Fsp3) is 0.385. The van der Waals surface area contributed by atoms with Crippen molar-refractivity contribution in [2.45, 2.75) is 43.0 Å². The summed E-state index contributed by atoms with van der Waals surface area (Å²) in [6.07, 6.45) is -0.525. The van der Waals surface area contributed by atoms with E-state index in [1.54, 1.807) is 11.5 Å². The van der Waals surface area contributed by atoms with Gasteiger partial charge in [0.05, 0.1) is 6.10 Å². The Balaban J connectivity index is 2.32. The average molecular weight is 358 g/mol. The second-order valence-corrected chi connectivity index (χ2v) is 6.63. The van der Waals surface area contributed by atoms with Crippen LogP contribution in [-0.4, -0.2) is 19.9 Å². The van der Waals surface area contributed by atoms with Crippen molar-refractivity contribution in [1.82, 2.24) is 14.8 Å². The lowest BCUT2D eigenvalue weighted by Crippen LogP contribution is -2.19. The van der Waals surface area contributed by atoms with Crippen molar-refractivity contribution in [2.24, 2.45) is 0 Å². The molecule has 0 fully saturated rings. The van der Waals surface area contributed by atoms with E-state index in [-0.39, 0.29) is 11.7 Å². The van der Waals surface area contributed by atoms with Crippen LogP contribution in [0, 0.1) is 0 Å². The second kappa shape index (κ2) is 6.15. The van der Waals surface area contributed by atoms with Gasteiger partial charge in [-0.05, 0) is 50.2 Å². The summed E-state index contributed by atoms with van der Waals surface area (Å²) in [5.41, 5.74) is 0.625. The lowest BCUT2D eigenvalue weighted by molar-refractivity contribution is 0.198. The number of nitrogens with zero attached hydrogens (tertiary/aromatic N) is 2. The molecule has 0 saturated carbocycles. The molecule has 0 aliphatic carbocycles. The van der Waals surface area contributed by atoms with Gasteiger partial charge in [0, 0.05) is 15.4 Å². The van der Waals surface area contributed by atoms with Gasteiger partial charge in [-0.1, -0.05) is 22.0 Å². The number of H-pyrrole nitrogens is 1. The number of hydrogen-bond acceptors (Lipinski definition) is 4. The molecule has 0 aliphatic heterocycles. The molecule has 1 heterocycles. The van der Waals surface area contributed by atoms with Crippen molar-refractivity contribution in [2.75, 3.05) is 0 Å². The molecule has 1 atom stereocenters. The maximum absolute atomic E-state index is 11.7. The number of aliphatic hydroxyl groups is 1. The number of benzene rings is 1. The van der Waals surface area contributed by atoms with Gasteiger partial charge < -0.3 is 5.11 Å². The molecule has 1 aromatic carbocycles. The molecule has 108 valence electrons. The van der Waals surface area contributed by atoms with Crippen molar-refractivity contribution in [3.63, 3.8) is 0 Å². The van der Waals surface area contributed by atoms with E-state index in [0.29, 0.717) is 5.16 Å². The first-order valence-corrected chi connectivity index (χ1v) is 7.83. The quantitative estimate of drug-likeness (QED) is 0.881. The van der Waals surface area contributed by atoms with Crippen LogP contribution >= 0.6 is 27.7 Å². The predicted octanol–water partition coefficient (Wildman–Crippen LogP) is 3.12. The van der Waals surface area contributed by atoms with E-state index in [0.717, 1.165) is 14.9 Å². The van der Waals surface area contributed by atoms with Gasteiger partial charge in [0.15, 0.2) is 5.16 Å². The summed E-state index contributed by atoms with van der Waals surface area (Å²) in [5.74, 6) is 0. The fourth-order valence-corrected chi connectivity index (χ4v) is 3.70. The zero-order chi connectivity index (χ0) is 14.9. The molecule has 2 N–H and O–H groups in total. The maximum Gasteiger partial charge on any atom is 0.344 e. The first-order valence-electron chi connectivity index (χ1n) is 6.22. The topological polar surface area (TPSA) is 70.9 Å². The maximum atomic E-state index is 11.7. The van der Waals surface area contributed by atoms with Crippen LogP contribution in [0.25, 0.3) is 0 Å². The van der Waals surface area contributed by atoms with E-state index >= 15 is 0 Å². The monoisotopic (exact) mass is 357 g/mol. The molecular formula is C13H16BrN3O2S. The summed E-state index contributed by atoms with van der Waals surface area (Å²) in [5, 5.41) is 16.7. The molecule has 20 heavy (non-hydrogen) atoms. The molecule has 2 aromatic rings. The third-order valence-corrected chi connectivity index (χ3v) is 4.47. The SMILES string of the molecule is CC(C)n1c(Sc2ccc([C@@H](C)O)c(Br)c2)n[nH]c1=O. The van der Waals surface area contributed by atoms with E-state index in [1.165, 1.54) is 11.8 Å². The highest BCUT2D eigenvalue weighted by atomic mass is 79.9. The third-order valence-electron chi connectivity index (χ3n) is 2.82. The third kappa shape index (κ3) is 3.16. The summed E-state index contributed by atoms with van der Waals surface area (Å²) < 4.78 is 2.45. The van der Waals surface area contributed by atoms with E-state index in [2.05, 4.69) is 26.1 Å². The molecule has 0 amide bonds. The van der Waals surface area contributed by atoms with Crippen molar-refractivity contribution in [3.8, 4) is 0 Å². The Morgan fingerprint density at radius 1 is 1.40 bits per heavy atom. The minimum atomic E-state index is -0.525.